The third-order valence-electron chi connectivity index (χ3n) is 4.99. The van der Waals surface area contributed by atoms with Gasteiger partial charge in [0.2, 0.25) is 0 Å². The van der Waals surface area contributed by atoms with Crippen molar-refractivity contribution in [2.75, 3.05) is 6.61 Å². The molecule has 120 valence electrons. The lowest BCUT2D eigenvalue weighted by Gasteiger charge is -2.42. The van der Waals surface area contributed by atoms with E-state index in [0.717, 1.165) is 38.2 Å². The lowest BCUT2D eigenvalue weighted by molar-refractivity contribution is -0.146. The van der Waals surface area contributed by atoms with Crippen molar-refractivity contribution in [3.63, 3.8) is 0 Å². The molecule has 0 heterocycles. The van der Waals surface area contributed by atoms with E-state index < -0.39 is 0 Å². The first-order valence-corrected chi connectivity index (χ1v) is 8.96. The van der Waals surface area contributed by atoms with Crippen molar-refractivity contribution in [3.05, 3.63) is 0 Å². The Morgan fingerprint density at radius 3 is 2.25 bits per heavy atom. The van der Waals surface area contributed by atoms with Crippen LogP contribution in [0.15, 0.2) is 0 Å². The largest absolute Gasteiger partial charge is 0.390 e. The molecule has 0 spiro atoms. The summed E-state index contributed by atoms with van der Waals surface area (Å²) in [6.45, 7) is 7.34. The zero-order valence-electron chi connectivity index (χ0n) is 14.0. The maximum Gasteiger partial charge on any atom is 0.0940 e. The minimum absolute atomic E-state index is 0.231. The van der Waals surface area contributed by atoms with Crippen molar-refractivity contribution >= 4 is 0 Å². The quantitative estimate of drug-likeness (QED) is 0.567. The molecule has 1 aliphatic rings. The fourth-order valence-electron chi connectivity index (χ4n) is 3.49. The summed E-state index contributed by atoms with van der Waals surface area (Å²) >= 11 is 0. The highest BCUT2D eigenvalue weighted by Crippen LogP contribution is 2.38. The lowest BCUT2D eigenvalue weighted by Crippen LogP contribution is -2.47. The van der Waals surface area contributed by atoms with Gasteiger partial charge >= 0.3 is 0 Å². The van der Waals surface area contributed by atoms with Crippen LogP contribution in [0.2, 0.25) is 0 Å². The van der Waals surface area contributed by atoms with E-state index in [0.29, 0.717) is 0 Å². The molecule has 1 N–H and O–H groups in total. The Morgan fingerprint density at radius 1 is 1.05 bits per heavy atom. The summed E-state index contributed by atoms with van der Waals surface area (Å²) in [5, 5.41) is 10.6. The first-order valence-electron chi connectivity index (χ1n) is 8.96. The third kappa shape index (κ3) is 5.73. The van der Waals surface area contributed by atoms with E-state index in [9.17, 15) is 5.11 Å². The van der Waals surface area contributed by atoms with E-state index in [-0.39, 0.29) is 11.7 Å². The molecule has 2 nitrogen and oxygen atoms in total. The van der Waals surface area contributed by atoms with Gasteiger partial charge in [0.1, 0.15) is 0 Å². The molecular weight excluding hydrogens is 248 g/mol. The fourth-order valence-corrected chi connectivity index (χ4v) is 3.49. The highest BCUT2D eigenvalue weighted by atomic mass is 16.5. The average molecular weight is 284 g/mol. The molecule has 0 bridgehead atoms. The van der Waals surface area contributed by atoms with Crippen LogP contribution in [0.25, 0.3) is 0 Å². The minimum Gasteiger partial charge on any atom is -0.390 e. The Labute approximate surface area is 126 Å². The van der Waals surface area contributed by atoms with Crippen LogP contribution < -0.4 is 0 Å². The first kappa shape index (κ1) is 18.0. The highest BCUT2D eigenvalue weighted by molar-refractivity contribution is 4.92. The second-order valence-electron chi connectivity index (χ2n) is 6.75. The zero-order valence-corrected chi connectivity index (χ0v) is 14.0. The average Bonchev–Trinajstić information content (AvgIpc) is 2.45. The summed E-state index contributed by atoms with van der Waals surface area (Å²) in [5.74, 6) is 0.796. The molecular formula is C18H36O2. The normalized spacial score (nSPS) is 28.5. The van der Waals surface area contributed by atoms with Gasteiger partial charge in [0.05, 0.1) is 11.7 Å². The Kier molecular flexibility index (Phi) is 8.79. The minimum atomic E-state index is -0.263. The topological polar surface area (TPSA) is 29.5 Å². The third-order valence-corrected chi connectivity index (χ3v) is 4.99. The van der Waals surface area contributed by atoms with E-state index in [2.05, 4.69) is 20.8 Å². The Hall–Kier alpha value is -0.0800. The van der Waals surface area contributed by atoms with Crippen LogP contribution in [-0.4, -0.2) is 23.4 Å². The summed E-state index contributed by atoms with van der Waals surface area (Å²) < 4.78 is 6.03. The smallest absolute Gasteiger partial charge is 0.0940 e. The fraction of sp³-hybridized carbons (Fsp3) is 1.00. The second-order valence-corrected chi connectivity index (χ2v) is 6.75. The predicted molar refractivity (Wildman–Crippen MR) is 86.0 cm³/mol. The van der Waals surface area contributed by atoms with Gasteiger partial charge in [-0.1, -0.05) is 52.4 Å². The number of hydrogen-bond acceptors (Lipinski definition) is 2. The van der Waals surface area contributed by atoms with Crippen molar-refractivity contribution in [2.24, 2.45) is 5.92 Å². The molecule has 20 heavy (non-hydrogen) atoms. The number of ether oxygens (including phenoxy) is 1. The monoisotopic (exact) mass is 284 g/mol. The van der Waals surface area contributed by atoms with Gasteiger partial charge in [-0.2, -0.15) is 0 Å². The van der Waals surface area contributed by atoms with Gasteiger partial charge in [-0.25, -0.2) is 0 Å². The molecule has 0 aliphatic heterocycles. The molecule has 0 aromatic rings. The molecule has 1 unspecified atom stereocenters. The van der Waals surface area contributed by atoms with E-state index >= 15 is 0 Å². The predicted octanol–water partition coefficient (Wildman–Crippen LogP) is 5.08. The molecule has 0 amide bonds. The van der Waals surface area contributed by atoms with Crippen LogP contribution in [0.1, 0.15) is 91.4 Å². The van der Waals surface area contributed by atoms with E-state index in [1.54, 1.807) is 0 Å². The van der Waals surface area contributed by atoms with E-state index in [1.165, 1.54) is 44.9 Å². The number of unbranched alkanes of at least 4 members (excludes halogenated alkanes) is 5. The van der Waals surface area contributed by atoms with Crippen molar-refractivity contribution in [1.29, 1.82) is 0 Å². The summed E-state index contributed by atoms with van der Waals surface area (Å²) in [7, 11) is 0. The van der Waals surface area contributed by atoms with E-state index in [4.69, 9.17) is 4.74 Å². The standard InChI is InChI=1S/C18H36O2/c1-4-6-7-8-9-10-11-17(19)18(20-5-2)14-12-16(3)13-15-18/h16-17,19H,4-15H2,1-3H3. The first-order chi connectivity index (χ1) is 9.64. The van der Waals surface area contributed by atoms with Crippen LogP contribution in [0.3, 0.4) is 0 Å². The molecule has 1 atom stereocenters. The number of aliphatic hydroxyl groups is 1. The van der Waals surface area contributed by atoms with Gasteiger partial charge in [-0.05, 0) is 44.9 Å². The molecule has 1 aliphatic carbocycles. The molecule has 0 aromatic heterocycles. The van der Waals surface area contributed by atoms with Crippen LogP contribution in [0.5, 0.6) is 0 Å². The zero-order chi connectivity index (χ0) is 14.8. The lowest BCUT2D eigenvalue weighted by atomic mass is 9.75. The van der Waals surface area contributed by atoms with Gasteiger partial charge < -0.3 is 9.84 Å². The SMILES string of the molecule is CCCCCCCCC(O)C1(OCC)CCC(C)CC1. The second kappa shape index (κ2) is 9.78. The van der Waals surface area contributed by atoms with Crippen molar-refractivity contribution in [3.8, 4) is 0 Å². The van der Waals surface area contributed by atoms with Crippen molar-refractivity contribution in [2.45, 2.75) is 103 Å². The summed E-state index contributed by atoms with van der Waals surface area (Å²) in [6.07, 6.45) is 12.9. The molecule has 0 radical (unpaired) electrons. The Balaban J connectivity index is 2.31. The van der Waals surface area contributed by atoms with Gasteiger partial charge in [-0.15, -0.1) is 0 Å². The molecule has 0 saturated heterocycles. The maximum atomic E-state index is 10.6. The number of rotatable bonds is 10. The molecule has 1 rings (SSSR count). The van der Waals surface area contributed by atoms with Crippen molar-refractivity contribution in [1.82, 2.24) is 0 Å². The number of aliphatic hydroxyl groups excluding tert-OH is 1. The summed E-state index contributed by atoms with van der Waals surface area (Å²) in [5.41, 5.74) is -0.231. The Bertz CT molecular complexity index is 232. The van der Waals surface area contributed by atoms with E-state index in [1.807, 2.05) is 0 Å². The molecule has 1 saturated carbocycles. The van der Waals surface area contributed by atoms with Crippen LogP contribution in [-0.2, 0) is 4.74 Å². The highest BCUT2D eigenvalue weighted by Gasteiger charge is 2.40. The van der Waals surface area contributed by atoms with Gasteiger partial charge in [0.25, 0.3) is 0 Å². The Morgan fingerprint density at radius 2 is 1.65 bits per heavy atom. The van der Waals surface area contributed by atoms with Crippen LogP contribution in [0, 0.1) is 5.92 Å². The number of hydrogen-bond donors (Lipinski definition) is 1. The molecule has 1 fully saturated rings. The van der Waals surface area contributed by atoms with Crippen LogP contribution in [0.4, 0.5) is 0 Å². The maximum absolute atomic E-state index is 10.6. The summed E-state index contributed by atoms with van der Waals surface area (Å²) in [6, 6.07) is 0. The van der Waals surface area contributed by atoms with Gasteiger partial charge in [0.15, 0.2) is 0 Å². The van der Waals surface area contributed by atoms with Crippen molar-refractivity contribution < 1.29 is 9.84 Å². The van der Waals surface area contributed by atoms with Crippen LogP contribution >= 0.6 is 0 Å². The van der Waals surface area contributed by atoms with Gasteiger partial charge in [0, 0.05) is 6.61 Å². The molecule has 2 heteroatoms. The van der Waals surface area contributed by atoms with Gasteiger partial charge in [-0.3, -0.25) is 0 Å². The summed E-state index contributed by atoms with van der Waals surface area (Å²) in [4.78, 5) is 0. The molecule has 0 aromatic carbocycles.